The van der Waals surface area contributed by atoms with Gasteiger partial charge in [0, 0.05) is 6.08 Å². The number of benzene rings is 3. The number of fused-ring (bicyclic) bond motifs is 1. The second kappa shape index (κ2) is 10.2. The van der Waals surface area contributed by atoms with Crippen LogP contribution in [0, 0.1) is 0 Å². The molecule has 0 fully saturated rings. The molecule has 0 spiro atoms. The van der Waals surface area contributed by atoms with Gasteiger partial charge in [-0.3, -0.25) is 25.8 Å². The van der Waals surface area contributed by atoms with Crippen LogP contribution in [0.4, 0.5) is 0 Å². The van der Waals surface area contributed by atoms with Crippen molar-refractivity contribution in [3.63, 3.8) is 0 Å². The van der Waals surface area contributed by atoms with Gasteiger partial charge in [-0.2, -0.15) is 0 Å². The maximum atomic E-state index is 12.2. The van der Waals surface area contributed by atoms with Crippen LogP contribution in [0.3, 0.4) is 0 Å². The number of nitrogens with one attached hydrogen (secondary N) is 3. The van der Waals surface area contributed by atoms with Crippen molar-refractivity contribution in [1.29, 1.82) is 0 Å². The maximum Gasteiger partial charge on any atom is 0.279 e. The van der Waals surface area contributed by atoms with Crippen molar-refractivity contribution in [3.8, 4) is 5.75 Å². The third kappa shape index (κ3) is 6.15. The van der Waals surface area contributed by atoms with Gasteiger partial charge in [-0.15, -0.1) is 0 Å². The Hall–Kier alpha value is -3.71. The summed E-state index contributed by atoms with van der Waals surface area (Å²) in [6.07, 6.45) is 2.25. The van der Waals surface area contributed by atoms with E-state index in [4.69, 9.17) is 17.0 Å². The van der Waals surface area contributed by atoms with Gasteiger partial charge in [-0.05, 0) is 53.7 Å². The van der Waals surface area contributed by atoms with Crippen LogP contribution < -0.4 is 20.9 Å². The van der Waals surface area contributed by atoms with Gasteiger partial charge < -0.3 is 4.74 Å². The summed E-state index contributed by atoms with van der Waals surface area (Å²) >= 11 is 5.02. The molecule has 0 aliphatic heterocycles. The molecule has 0 saturated carbocycles. The van der Waals surface area contributed by atoms with Crippen LogP contribution >= 0.6 is 12.2 Å². The van der Waals surface area contributed by atoms with Crippen molar-refractivity contribution in [1.82, 2.24) is 16.2 Å². The Morgan fingerprint density at radius 2 is 1.63 bits per heavy atom. The number of hydrazine groups is 1. The highest BCUT2D eigenvalue weighted by atomic mass is 32.1. The SMILES string of the molecule is C[C@H](Oc1ccc2ccccc2c1)C(=O)NNC(=S)NC(=O)/C=C/c1ccccc1. The number of carbonyl (C=O) groups is 2. The van der Waals surface area contributed by atoms with E-state index >= 15 is 0 Å². The molecule has 0 aliphatic carbocycles. The molecule has 1 atom stereocenters. The quantitative estimate of drug-likeness (QED) is 0.336. The van der Waals surface area contributed by atoms with Gasteiger partial charge in [-0.1, -0.05) is 60.7 Å². The summed E-state index contributed by atoms with van der Waals surface area (Å²) in [7, 11) is 0. The van der Waals surface area contributed by atoms with Crippen LogP contribution in [0.1, 0.15) is 12.5 Å². The molecule has 0 radical (unpaired) electrons. The van der Waals surface area contributed by atoms with Crippen molar-refractivity contribution in [2.75, 3.05) is 0 Å². The molecule has 0 aliphatic rings. The fraction of sp³-hybridized carbons (Fsp3) is 0.0870. The van der Waals surface area contributed by atoms with E-state index in [1.165, 1.54) is 6.08 Å². The minimum atomic E-state index is -0.768. The standard InChI is InChI=1S/C23H21N3O3S/c1-16(29-20-13-12-18-9-5-6-10-19(18)15-20)22(28)25-26-23(30)24-21(27)14-11-17-7-3-2-4-8-17/h2-16H,1H3,(H,25,28)(H2,24,26,27,30)/b14-11+/t16-/m0/s1. The second-order valence-corrected chi connectivity index (χ2v) is 6.85. The Balaban J connectivity index is 1.45. The molecule has 3 aromatic rings. The van der Waals surface area contributed by atoms with Crippen LogP contribution in [0.2, 0.25) is 0 Å². The number of rotatable bonds is 5. The fourth-order valence-corrected chi connectivity index (χ4v) is 2.79. The number of amides is 2. The molecule has 3 N–H and O–H groups in total. The molecule has 152 valence electrons. The van der Waals surface area contributed by atoms with E-state index in [9.17, 15) is 9.59 Å². The third-order valence-corrected chi connectivity index (χ3v) is 4.37. The van der Waals surface area contributed by atoms with Gasteiger partial charge in [0.15, 0.2) is 11.2 Å². The Morgan fingerprint density at radius 1 is 0.933 bits per heavy atom. The van der Waals surface area contributed by atoms with E-state index in [0.29, 0.717) is 5.75 Å². The first-order chi connectivity index (χ1) is 14.5. The first kappa shape index (κ1) is 21.0. The lowest BCUT2D eigenvalue weighted by Gasteiger charge is -2.16. The van der Waals surface area contributed by atoms with Crippen molar-refractivity contribution in [3.05, 3.63) is 84.4 Å². The minimum Gasteiger partial charge on any atom is -0.481 e. The molecule has 6 nitrogen and oxygen atoms in total. The highest BCUT2D eigenvalue weighted by Crippen LogP contribution is 2.21. The predicted octanol–water partition coefficient (Wildman–Crippen LogP) is 3.34. The summed E-state index contributed by atoms with van der Waals surface area (Å²) in [5.74, 6) is -0.260. The molecule has 3 rings (SSSR count). The Morgan fingerprint density at radius 3 is 2.40 bits per heavy atom. The molecule has 0 aromatic heterocycles. The Labute approximate surface area is 179 Å². The topological polar surface area (TPSA) is 79.5 Å². The zero-order valence-corrected chi connectivity index (χ0v) is 17.1. The molecule has 0 unspecified atom stereocenters. The van der Waals surface area contributed by atoms with Gasteiger partial charge in [0.2, 0.25) is 5.91 Å². The predicted molar refractivity (Wildman–Crippen MR) is 122 cm³/mol. The Bertz CT molecular complexity index is 1080. The molecule has 2 amide bonds. The molecule has 0 heterocycles. The van der Waals surface area contributed by atoms with E-state index in [1.54, 1.807) is 13.0 Å². The monoisotopic (exact) mass is 419 g/mol. The zero-order chi connectivity index (χ0) is 21.3. The fourth-order valence-electron chi connectivity index (χ4n) is 2.64. The van der Waals surface area contributed by atoms with E-state index in [0.717, 1.165) is 16.3 Å². The van der Waals surface area contributed by atoms with Crippen LogP contribution in [0.15, 0.2) is 78.9 Å². The van der Waals surface area contributed by atoms with Crippen LogP contribution in [-0.2, 0) is 9.59 Å². The molecule has 3 aromatic carbocycles. The first-order valence-electron chi connectivity index (χ1n) is 9.30. The summed E-state index contributed by atoms with van der Waals surface area (Å²) in [6, 6.07) is 22.9. The number of ether oxygens (including phenoxy) is 1. The summed E-state index contributed by atoms with van der Waals surface area (Å²) in [5.41, 5.74) is 5.81. The first-order valence-corrected chi connectivity index (χ1v) is 9.71. The van der Waals surface area contributed by atoms with E-state index in [-0.39, 0.29) is 5.11 Å². The van der Waals surface area contributed by atoms with Gasteiger partial charge in [-0.25, -0.2) is 0 Å². The average molecular weight is 420 g/mol. The summed E-state index contributed by atoms with van der Waals surface area (Å²) in [6.45, 7) is 1.62. The zero-order valence-electron chi connectivity index (χ0n) is 16.3. The van der Waals surface area contributed by atoms with Crippen LogP contribution in [-0.4, -0.2) is 23.0 Å². The molecular weight excluding hydrogens is 398 g/mol. The Kier molecular flexibility index (Phi) is 7.13. The smallest absolute Gasteiger partial charge is 0.279 e. The normalized spacial score (nSPS) is 11.6. The lowest BCUT2D eigenvalue weighted by molar-refractivity contribution is -0.128. The van der Waals surface area contributed by atoms with E-state index < -0.39 is 17.9 Å². The highest BCUT2D eigenvalue weighted by molar-refractivity contribution is 7.80. The van der Waals surface area contributed by atoms with Crippen LogP contribution in [0.25, 0.3) is 16.8 Å². The maximum absolute atomic E-state index is 12.2. The van der Waals surface area contributed by atoms with Gasteiger partial charge in [0.25, 0.3) is 5.91 Å². The summed E-state index contributed by atoms with van der Waals surface area (Å²) in [4.78, 5) is 24.1. The number of thiocarbonyl (C=S) groups is 1. The summed E-state index contributed by atoms with van der Waals surface area (Å²) in [5, 5.41) is 4.54. The highest BCUT2D eigenvalue weighted by Gasteiger charge is 2.15. The molecule has 7 heteroatoms. The van der Waals surface area contributed by atoms with Crippen LogP contribution in [0.5, 0.6) is 5.75 Å². The number of carbonyl (C=O) groups excluding carboxylic acids is 2. The molecule has 0 bridgehead atoms. The average Bonchev–Trinajstić information content (AvgIpc) is 2.76. The van der Waals surface area contributed by atoms with Crippen molar-refractivity contribution >= 4 is 46.0 Å². The lowest BCUT2D eigenvalue weighted by atomic mass is 10.1. The van der Waals surface area contributed by atoms with Crippen molar-refractivity contribution in [2.24, 2.45) is 0 Å². The van der Waals surface area contributed by atoms with Gasteiger partial charge >= 0.3 is 0 Å². The minimum absolute atomic E-state index is 0.0241. The van der Waals surface area contributed by atoms with Crippen molar-refractivity contribution in [2.45, 2.75) is 13.0 Å². The number of hydrogen-bond acceptors (Lipinski definition) is 4. The van der Waals surface area contributed by atoms with Gasteiger partial charge in [0.1, 0.15) is 5.75 Å². The third-order valence-electron chi connectivity index (χ3n) is 4.17. The second-order valence-electron chi connectivity index (χ2n) is 6.45. The molecule has 30 heavy (non-hydrogen) atoms. The van der Waals surface area contributed by atoms with Gasteiger partial charge in [0.05, 0.1) is 0 Å². The lowest BCUT2D eigenvalue weighted by Crippen LogP contribution is -2.51. The largest absolute Gasteiger partial charge is 0.481 e. The van der Waals surface area contributed by atoms with Crippen molar-refractivity contribution < 1.29 is 14.3 Å². The molecule has 0 saturated heterocycles. The van der Waals surface area contributed by atoms with E-state index in [1.807, 2.05) is 72.8 Å². The molecular formula is C23H21N3O3S. The summed E-state index contributed by atoms with van der Waals surface area (Å²) < 4.78 is 5.69. The van der Waals surface area contributed by atoms with E-state index in [2.05, 4.69) is 16.2 Å². The number of hydrogen-bond donors (Lipinski definition) is 3.